The molecule has 0 spiro atoms. The van der Waals surface area contributed by atoms with E-state index in [0.717, 1.165) is 50.9 Å². The average Bonchev–Trinajstić information content (AvgIpc) is 3.08. The maximum atomic E-state index is 12.3. The summed E-state index contributed by atoms with van der Waals surface area (Å²) in [5.41, 5.74) is 2.39. The van der Waals surface area contributed by atoms with Crippen molar-refractivity contribution in [3.63, 3.8) is 0 Å². The summed E-state index contributed by atoms with van der Waals surface area (Å²) in [4.78, 5) is 14.6. The van der Waals surface area contributed by atoms with Crippen LogP contribution in [-0.4, -0.2) is 48.3 Å². The number of carbonyl (C=O) groups is 1. The smallest absolute Gasteiger partial charge is 0.225 e. The quantitative estimate of drug-likeness (QED) is 0.832. The van der Waals surface area contributed by atoms with Gasteiger partial charge in [-0.25, -0.2) is 0 Å². The van der Waals surface area contributed by atoms with Crippen molar-refractivity contribution in [1.29, 1.82) is 0 Å². The molecule has 0 aliphatic carbocycles. The number of carbonyl (C=O) groups excluding carboxylic acids is 1. The van der Waals surface area contributed by atoms with Crippen LogP contribution in [0.5, 0.6) is 0 Å². The van der Waals surface area contributed by atoms with Gasteiger partial charge in [-0.1, -0.05) is 24.3 Å². The number of likely N-dealkylation sites (tertiary alicyclic amines) is 1. The summed E-state index contributed by atoms with van der Waals surface area (Å²) < 4.78 is 5.40. The summed E-state index contributed by atoms with van der Waals surface area (Å²) in [5.74, 6) is 0.0853. The molecule has 1 aromatic carbocycles. The Morgan fingerprint density at radius 1 is 1.25 bits per heavy atom. The molecule has 2 fully saturated rings. The topological polar surface area (TPSA) is 61.8 Å². The predicted octanol–water partition coefficient (Wildman–Crippen LogP) is 1.69. The first kappa shape index (κ1) is 17.4. The fourth-order valence-electron chi connectivity index (χ4n) is 3.69. The molecule has 2 aliphatic rings. The zero-order valence-electron chi connectivity index (χ0n) is 14.2. The molecule has 2 heterocycles. The third kappa shape index (κ3) is 4.35. The Morgan fingerprint density at radius 2 is 2.08 bits per heavy atom. The van der Waals surface area contributed by atoms with Gasteiger partial charge in [0.2, 0.25) is 5.91 Å². The SMILES string of the molecule is O=C(NCc1ccccc1CN1CCC[C@@H]1CO)[C@H]1CCCOC1. The molecule has 0 aromatic heterocycles. The second-order valence-corrected chi connectivity index (χ2v) is 6.85. The van der Waals surface area contributed by atoms with E-state index in [-0.39, 0.29) is 24.5 Å². The van der Waals surface area contributed by atoms with Crippen LogP contribution in [-0.2, 0) is 22.6 Å². The lowest BCUT2D eigenvalue weighted by atomic mass is 10.0. The van der Waals surface area contributed by atoms with E-state index in [1.807, 2.05) is 12.1 Å². The molecule has 2 N–H and O–H groups in total. The predicted molar refractivity (Wildman–Crippen MR) is 92.3 cm³/mol. The standard InChI is InChI=1S/C19H28N2O3/c22-13-18-8-3-9-21(18)12-16-6-2-1-5-15(16)11-20-19(23)17-7-4-10-24-14-17/h1-2,5-6,17-18,22H,3-4,7-14H2,(H,20,23)/t17-,18+/m0/s1. The van der Waals surface area contributed by atoms with E-state index in [1.165, 1.54) is 5.56 Å². The van der Waals surface area contributed by atoms with Crippen LogP contribution in [0.15, 0.2) is 24.3 Å². The molecule has 3 rings (SSSR count). The summed E-state index contributed by atoms with van der Waals surface area (Å²) in [7, 11) is 0. The van der Waals surface area contributed by atoms with E-state index < -0.39 is 0 Å². The maximum Gasteiger partial charge on any atom is 0.225 e. The van der Waals surface area contributed by atoms with Crippen molar-refractivity contribution in [3.8, 4) is 0 Å². The number of ether oxygens (including phenoxy) is 1. The van der Waals surface area contributed by atoms with Gasteiger partial charge in [0.05, 0.1) is 19.1 Å². The second kappa shape index (κ2) is 8.60. The zero-order valence-corrected chi connectivity index (χ0v) is 14.2. The fourth-order valence-corrected chi connectivity index (χ4v) is 3.69. The van der Waals surface area contributed by atoms with Crippen LogP contribution in [0, 0.1) is 5.92 Å². The Morgan fingerprint density at radius 3 is 2.83 bits per heavy atom. The van der Waals surface area contributed by atoms with Gasteiger partial charge in [-0.05, 0) is 43.4 Å². The summed E-state index contributed by atoms with van der Waals surface area (Å²) in [6, 6.07) is 8.53. The lowest BCUT2D eigenvalue weighted by Gasteiger charge is -2.24. The Labute approximate surface area is 144 Å². The lowest BCUT2D eigenvalue weighted by Crippen LogP contribution is -2.36. The molecule has 0 bridgehead atoms. The van der Waals surface area contributed by atoms with Crippen LogP contribution < -0.4 is 5.32 Å². The molecule has 5 nitrogen and oxygen atoms in total. The first-order valence-corrected chi connectivity index (χ1v) is 9.05. The summed E-state index contributed by atoms with van der Waals surface area (Å²) >= 11 is 0. The van der Waals surface area contributed by atoms with Gasteiger partial charge in [0.15, 0.2) is 0 Å². The molecule has 2 atom stereocenters. The minimum Gasteiger partial charge on any atom is -0.395 e. The average molecular weight is 332 g/mol. The van der Waals surface area contributed by atoms with E-state index in [9.17, 15) is 9.90 Å². The van der Waals surface area contributed by atoms with E-state index in [2.05, 4.69) is 22.3 Å². The summed E-state index contributed by atoms with van der Waals surface area (Å²) in [6.07, 6.45) is 4.09. The third-order valence-electron chi connectivity index (χ3n) is 5.19. The van der Waals surface area contributed by atoms with Gasteiger partial charge >= 0.3 is 0 Å². The first-order valence-electron chi connectivity index (χ1n) is 9.05. The molecule has 24 heavy (non-hydrogen) atoms. The van der Waals surface area contributed by atoms with Crippen molar-refractivity contribution in [1.82, 2.24) is 10.2 Å². The zero-order chi connectivity index (χ0) is 16.8. The van der Waals surface area contributed by atoms with E-state index in [4.69, 9.17) is 4.74 Å². The molecule has 2 aliphatic heterocycles. The number of benzene rings is 1. The van der Waals surface area contributed by atoms with Crippen LogP contribution in [0.1, 0.15) is 36.8 Å². The van der Waals surface area contributed by atoms with Crippen LogP contribution in [0.4, 0.5) is 0 Å². The molecule has 0 radical (unpaired) electrons. The van der Waals surface area contributed by atoms with Crippen molar-refractivity contribution in [2.24, 2.45) is 5.92 Å². The van der Waals surface area contributed by atoms with E-state index in [0.29, 0.717) is 13.2 Å². The number of amides is 1. The summed E-state index contributed by atoms with van der Waals surface area (Å²) in [5, 5.41) is 12.6. The highest BCUT2D eigenvalue weighted by atomic mass is 16.5. The molecule has 132 valence electrons. The second-order valence-electron chi connectivity index (χ2n) is 6.85. The molecular weight excluding hydrogens is 304 g/mol. The molecule has 5 heteroatoms. The molecule has 0 saturated carbocycles. The molecule has 1 amide bonds. The maximum absolute atomic E-state index is 12.3. The van der Waals surface area contributed by atoms with Crippen LogP contribution in [0.3, 0.4) is 0 Å². The van der Waals surface area contributed by atoms with Gasteiger partial charge in [0.25, 0.3) is 0 Å². The molecule has 2 saturated heterocycles. The van der Waals surface area contributed by atoms with E-state index >= 15 is 0 Å². The van der Waals surface area contributed by atoms with Crippen LogP contribution in [0.2, 0.25) is 0 Å². The Hall–Kier alpha value is -1.43. The van der Waals surface area contributed by atoms with Crippen LogP contribution in [0.25, 0.3) is 0 Å². The molecular formula is C19H28N2O3. The van der Waals surface area contributed by atoms with Crippen molar-refractivity contribution < 1.29 is 14.6 Å². The van der Waals surface area contributed by atoms with Crippen molar-refractivity contribution in [2.75, 3.05) is 26.4 Å². The van der Waals surface area contributed by atoms with Gasteiger partial charge in [-0.3, -0.25) is 9.69 Å². The minimum absolute atomic E-state index is 0.0109. The highest BCUT2D eigenvalue weighted by molar-refractivity contribution is 5.78. The minimum atomic E-state index is -0.0109. The largest absolute Gasteiger partial charge is 0.395 e. The third-order valence-corrected chi connectivity index (χ3v) is 5.19. The van der Waals surface area contributed by atoms with Gasteiger partial charge < -0.3 is 15.2 Å². The van der Waals surface area contributed by atoms with Gasteiger partial charge in [-0.15, -0.1) is 0 Å². The molecule has 1 aromatic rings. The highest BCUT2D eigenvalue weighted by Crippen LogP contribution is 2.21. The van der Waals surface area contributed by atoms with Gasteiger partial charge in [0.1, 0.15) is 0 Å². The number of hydrogen-bond donors (Lipinski definition) is 2. The molecule has 0 unspecified atom stereocenters. The number of aliphatic hydroxyl groups is 1. The number of rotatable bonds is 6. The Kier molecular flexibility index (Phi) is 6.24. The van der Waals surface area contributed by atoms with Crippen molar-refractivity contribution in [2.45, 2.75) is 44.8 Å². The van der Waals surface area contributed by atoms with Crippen molar-refractivity contribution in [3.05, 3.63) is 35.4 Å². The fraction of sp³-hybridized carbons (Fsp3) is 0.632. The first-order chi connectivity index (χ1) is 11.8. The normalized spacial score (nSPS) is 24.9. The number of hydrogen-bond acceptors (Lipinski definition) is 4. The Bertz CT molecular complexity index is 543. The highest BCUT2D eigenvalue weighted by Gasteiger charge is 2.25. The number of nitrogens with one attached hydrogen (secondary N) is 1. The van der Waals surface area contributed by atoms with Crippen LogP contribution >= 0.6 is 0 Å². The van der Waals surface area contributed by atoms with Gasteiger partial charge in [-0.2, -0.15) is 0 Å². The Balaban J connectivity index is 1.58. The number of aliphatic hydroxyl groups excluding tert-OH is 1. The van der Waals surface area contributed by atoms with Gasteiger partial charge in [0, 0.05) is 25.7 Å². The van der Waals surface area contributed by atoms with E-state index in [1.54, 1.807) is 0 Å². The number of nitrogens with zero attached hydrogens (tertiary/aromatic N) is 1. The summed E-state index contributed by atoms with van der Waals surface area (Å²) in [6.45, 7) is 3.97. The van der Waals surface area contributed by atoms with Crippen molar-refractivity contribution >= 4 is 5.91 Å². The lowest BCUT2D eigenvalue weighted by molar-refractivity contribution is -0.129. The monoisotopic (exact) mass is 332 g/mol.